The maximum absolute atomic E-state index is 13.0. The highest BCUT2D eigenvalue weighted by Gasteiger charge is 2.37. The average molecular weight is 376 g/mol. The van der Waals surface area contributed by atoms with Crippen LogP contribution in [0.25, 0.3) is 5.65 Å². The SMILES string of the molecule is FC(F)(F)c1nnc2ccc(NCc3ccccc3CN3CCCC3)nn12. The summed E-state index contributed by atoms with van der Waals surface area (Å²) in [5.41, 5.74) is 2.38. The van der Waals surface area contributed by atoms with E-state index < -0.39 is 12.0 Å². The minimum Gasteiger partial charge on any atom is -0.365 e. The summed E-state index contributed by atoms with van der Waals surface area (Å²) >= 11 is 0. The first-order valence-corrected chi connectivity index (χ1v) is 8.83. The summed E-state index contributed by atoms with van der Waals surface area (Å²) in [7, 11) is 0. The van der Waals surface area contributed by atoms with E-state index in [9.17, 15) is 13.2 Å². The van der Waals surface area contributed by atoms with E-state index in [1.54, 1.807) is 6.07 Å². The van der Waals surface area contributed by atoms with Crippen LogP contribution in [-0.4, -0.2) is 37.8 Å². The maximum Gasteiger partial charge on any atom is 0.453 e. The molecule has 0 aliphatic carbocycles. The lowest BCUT2D eigenvalue weighted by atomic mass is 10.1. The van der Waals surface area contributed by atoms with Crippen molar-refractivity contribution < 1.29 is 13.2 Å². The fourth-order valence-corrected chi connectivity index (χ4v) is 3.31. The molecule has 1 aliphatic heterocycles. The Morgan fingerprint density at radius 2 is 1.70 bits per heavy atom. The summed E-state index contributed by atoms with van der Waals surface area (Å²) in [6.45, 7) is 3.57. The highest BCUT2D eigenvalue weighted by Crippen LogP contribution is 2.27. The van der Waals surface area contributed by atoms with Gasteiger partial charge >= 0.3 is 6.18 Å². The summed E-state index contributed by atoms with van der Waals surface area (Å²) < 4.78 is 39.7. The van der Waals surface area contributed by atoms with Crippen LogP contribution in [0.15, 0.2) is 36.4 Å². The predicted molar refractivity (Wildman–Crippen MR) is 94.1 cm³/mol. The van der Waals surface area contributed by atoms with Crippen LogP contribution in [0, 0.1) is 0 Å². The molecule has 0 radical (unpaired) electrons. The smallest absolute Gasteiger partial charge is 0.365 e. The lowest BCUT2D eigenvalue weighted by Gasteiger charge is -2.18. The Labute approximate surface area is 154 Å². The molecule has 3 aromatic rings. The minimum absolute atomic E-state index is 0.0577. The van der Waals surface area contributed by atoms with Crippen LogP contribution < -0.4 is 5.32 Å². The molecule has 0 amide bonds. The number of nitrogens with zero attached hydrogens (tertiary/aromatic N) is 5. The van der Waals surface area contributed by atoms with Gasteiger partial charge in [-0.3, -0.25) is 4.90 Å². The molecule has 142 valence electrons. The van der Waals surface area contributed by atoms with E-state index in [0.717, 1.165) is 29.7 Å². The van der Waals surface area contributed by atoms with Crippen molar-refractivity contribution in [1.29, 1.82) is 0 Å². The Morgan fingerprint density at radius 3 is 2.44 bits per heavy atom. The normalized spacial score (nSPS) is 15.5. The van der Waals surface area contributed by atoms with Crippen LogP contribution in [0.4, 0.5) is 19.0 Å². The van der Waals surface area contributed by atoms with Crippen LogP contribution in [0.1, 0.15) is 29.8 Å². The second-order valence-corrected chi connectivity index (χ2v) is 6.62. The lowest BCUT2D eigenvalue weighted by Crippen LogP contribution is -2.20. The van der Waals surface area contributed by atoms with Crippen molar-refractivity contribution in [3.05, 3.63) is 53.3 Å². The van der Waals surface area contributed by atoms with Gasteiger partial charge in [-0.15, -0.1) is 15.3 Å². The Balaban J connectivity index is 1.52. The predicted octanol–water partition coefficient (Wildman–Crippen LogP) is 3.35. The topological polar surface area (TPSA) is 58.4 Å². The van der Waals surface area contributed by atoms with E-state index in [-0.39, 0.29) is 5.65 Å². The highest BCUT2D eigenvalue weighted by molar-refractivity contribution is 5.45. The van der Waals surface area contributed by atoms with Gasteiger partial charge in [0.1, 0.15) is 5.82 Å². The Morgan fingerprint density at radius 1 is 0.963 bits per heavy atom. The van der Waals surface area contributed by atoms with E-state index in [1.165, 1.54) is 24.5 Å². The second-order valence-electron chi connectivity index (χ2n) is 6.62. The molecule has 27 heavy (non-hydrogen) atoms. The zero-order chi connectivity index (χ0) is 18.9. The summed E-state index contributed by atoms with van der Waals surface area (Å²) in [4.78, 5) is 2.41. The number of anilines is 1. The van der Waals surface area contributed by atoms with Gasteiger partial charge in [-0.25, -0.2) is 0 Å². The third kappa shape index (κ3) is 3.87. The van der Waals surface area contributed by atoms with Gasteiger partial charge in [-0.2, -0.15) is 17.7 Å². The number of halogens is 3. The van der Waals surface area contributed by atoms with Crippen molar-refractivity contribution in [3.8, 4) is 0 Å². The largest absolute Gasteiger partial charge is 0.453 e. The monoisotopic (exact) mass is 376 g/mol. The van der Waals surface area contributed by atoms with Gasteiger partial charge in [0.05, 0.1) is 0 Å². The fourth-order valence-electron chi connectivity index (χ4n) is 3.31. The van der Waals surface area contributed by atoms with Crippen molar-refractivity contribution in [1.82, 2.24) is 24.7 Å². The number of hydrogen-bond donors (Lipinski definition) is 1. The second kappa shape index (κ2) is 7.15. The number of nitrogens with one attached hydrogen (secondary N) is 1. The number of aromatic nitrogens is 4. The van der Waals surface area contributed by atoms with Gasteiger partial charge < -0.3 is 5.32 Å². The van der Waals surface area contributed by atoms with Crippen molar-refractivity contribution >= 4 is 11.5 Å². The molecule has 3 heterocycles. The molecule has 4 rings (SSSR count). The highest BCUT2D eigenvalue weighted by atomic mass is 19.4. The van der Waals surface area contributed by atoms with Crippen LogP contribution >= 0.6 is 0 Å². The maximum atomic E-state index is 13.0. The van der Waals surface area contributed by atoms with Gasteiger partial charge in [-0.05, 0) is 49.2 Å². The summed E-state index contributed by atoms with van der Waals surface area (Å²) in [6, 6.07) is 11.2. The summed E-state index contributed by atoms with van der Waals surface area (Å²) in [6.07, 6.45) is -2.15. The van der Waals surface area contributed by atoms with Crippen LogP contribution in [-0.2, 0) is 19.3 Å². The van der Waals surface area contributed by atoms with E-state index in [0.29, 0.717) is 12.4 Å². The van der Waals surface area contributed by atoms with E-state index in [4.69, 9.17) is 0 Å². The van der Waals surface area contributed by atoms with Crippen molar-refractivity contribution in [2.45, 2.75) is 32.1 Å². The molecule has 2 aromatic heterocycles. The summed E-state index contributed by atoms with van der Waals surface area (Å²) in [5, 5.41) is 13.8. The number of alkyl halides is 3. The molecular weight excluding hydrogens is 357 g/mol. The molecule has 9 heteroatoms. The number of benzene rings is 1. The van der Waals surface area contributed by atoms with Crippen molar-refractivity contribution in [2.75, 3.05) is 18.4 Å². The first kappa shape index (κ1) is 17.7. The molecule has 1 fully saturated rings. The first-order chi connectivity index (χ1) is 13.0. The quantitative estimate of drug-likeness (QED) is 0.740. The molecule has 1 aliphatic rings. The third-order valence-electron chi connectivity index (χ3n) is 4.69. The molecule has 0 saturated carbocycles. The van der Waals surface area contributed by atoms with Crippen molar-refractivity contribution in [3.63, 3.8) is 0 Å². The fraction of sp³-hybridized carbons (Fsp3) is 0.389. The van der Waals surface area contributed by atoms with Crippen LogP contribution in [0.5, 0.6) is 0 Å². The number of likely N-dealkylation sites (tertiary alicyclic amines) is 1. The minimum atomic E-state index is -4.60. The summed E-state index contributed by atoms with van der Waals surface area (Å²) in [5.74, 6) is -0.792. The number of rotatable bonds is 5. The van der Waals surface area contributed by atoms with Gasteiger partial charge in [0, 0.05) is 13.1 Å². The van der Waals surface area contributed by atoms with Gasteiger partial charge in [0.15, 0.2) is 5.65 Å². The zero-order valence-corrected chi connectivity index (χ0v) is 14.6. The van der Waals surface area contributed by atoms with Crippen molar-refractivity contribution in [2.24, 2.45) is 0 Å². The van der Waals surface area contributed by atoms with E-state index in [1.807, 2.05) is 18.2 Å². The molecule has 1 saturated heterocycles. The van der Waals surface area contributed by atoms with Crippen LogP contribution in [0.3, 0.4) is 0 Å². The molecule has 1 N–H and O–H groups in total. The Hall–Kier alpha value is -2.68. The number of hydrogen-bond acceptors (Lipinski definition) is 5. The van der Waals surface area contributed by atoms with Gasteiger partial charge in [0.25, 0.3) is 5.82 Å². The van der Waals surface area contributed by atoms with Gasteiger partial charge in [-0.1, -0.05) is 24.3 Å². The molecule has 0 bridgehead atoms. The Bertz CT molecular complexity index is 930. The lowest BCUT2D eigenvalue weighted by molar-refractivity contribution is -0.146. The molecular formula is C18H19F3N6. The molecule has 0 spiro atoms. The zero-order valence-electron chi connectivity index (χ0n) is 14.6. The number of fused-ring (bicyclic) bond motifs is 1. The third-order valence-corrected chi connectivity index (χ3v) is 4.69. The molecule has 1 aromatic carbocycles. The first-order valence-electron chi connectivity index (χ1n) is 8.83. The van der Waals surface area contributed by atoms with Gasteiger partial charge in [0.2, 0.25) is 0 Å². The molecule has 0 unspecified atom stereocenters. The molecule has 0 atom stereocenters. The van der Waals surface area contributed by atoms with Crippen LogP contribution in [0.2, 0.25) is 0 Å². The average Bonchev–Trinajstić information content (AvgIpc) is 3.29. The van der Waals surface area contributed by atoms with E-state index in [2.05, 4.69) is 31.6 Å². The van der Waals surface area contributed by atoms with E-state index >= 15 is 0 Å². The molecule has 6 nitrogen and oxygen atoms in total. The standard InChI is InChI=1S/C18H19F3N6/c19-18(20,21)17-24-23-16-8-7-15(25-27(16)17)22-11-13-5-1-2-6-14(13)12-26-9-3-4-10-26/h1-2,5-8H,3-4,9-12H2,(H,22,25). The Kier molecular flexibility index (Phi) is 4.69.